The summed E-state index contributed by atoms with van der Waals surface area (Å²) in [5.74, 6) is -1.86. The topological polar surface area (TPSA) is 294 Å². The normalized spacial score (nSPS) is 10.2. The van der Waals surface area contributed by atoms with E-state index >= 15 is 0 Å². The molecule has 3 aromatic heterocycles. The first-order valence-corrected chi connectivity index (χ1v) is 21.1. The third-order valence-corrected chi connectivity index (χ3v) is 9.75. The molecule has 6 aromatic rings. The predicted octanol–water partition coefficient (Wildman–Crippen LogP) is 8.95. The van der Waals surface area contributed by atoms with Crippen LogP contribution in [0.15, 0.2) is 117 Å². The van der Waals surface area contributed by atoms with E-state index in [1.165, 1.54) is 32.4 Å². The second kappa shape index (κ2) is 25.2. The van der Waals surface area contributed by atoms with Crippen molar-refractivity contribution in [1.82, 2.24) is 15.0 Å². The van der Waals surface area contributed by atoms with E-state index in [2.05, 4.69) is 56.6 Å². The molecule has 0 fully saturated rings. The molecule has 0 spiro atoms. The lowest BCUT2D eigenvalue weighted by molar-refractivity contribution is 0.0593. The zero-order valence-corrected chi connectivity index (χ0v) is 40.2. The van der Waals surface area contributed by atoms with E-state index in [0.717, 1.165) is 17.1 Å². The summed E-state index contributed by atoms with van der Waals surface area (Å²) >= 11 is 0. The van der Waals surface area contributed by atoms with E-state index in [1.807, 2.05) is 32.0 Å². The summed E-state index contributed by atoms with van der Waals surface area (Å²) in [6.07, 6.45) is 4.72. The van der Waals surface area contributed by atoms with E-state index < -0.39 is 23.4 Å². The minimum atomic E-state index is -1.16. The van der Waals surface area contributed by atoms with Crippen LogP contribution in [0.5, 0.6) is 0 Å². The number of hydrogen-bond donors (Lipinski definition) is 8. The summed E-state index contributed by atoms with van der Waals surface area (Å²) in [4.78, 5) is 60.2. The maximum atomic E-state index is 12.4. The van der Waals surface area contributed by atoms with Crippen molar-refractivity contribution < 1.29 is 38.9 Å². The first-order chi connectivity index (χ1) is 33.0. The molecule has 12 N–H and O–H groups in total. The van der Waals surface area contributed by atoms with Crippen molar-refractivity contribution in [2.45, 2.75) is 40.2 Å². The van der Waals surface area contributed by atoms with Crippen LogP contribution in [0.3, 0.4) is 0 Å². The number of nitrogens with zero attached hydrogens (tertiary/aromatic N) is 3. The monoisotopic (exact) mass is 949 g/mol. The number of rotatable bonds is 11. The van der Waals surface area contributed by atoms with E-state index in [9.17, 15) is 24.3 Å². The number of aliphatic hydroxyl groups excluding tert-OH is 1. The zero-order chi connectivity index (χ0) is 52.5. The van der Waals surface area contributed by atoms with Gasteiger partial charge in [-0.3, -0.25) is 9.59 Å². The van der Waals surface area contributed by atoms with Crippen molar-refractivity contribution in [3.8, 4) is 0 Å². The predicted molar refractivity (Wildman–Crippen MR) is 280 cm³/mol. The van der Waals surface area contributed by atoms with Gasteiger partial charge in [0.15, 0.2) is 0 Å². The number of esters is 2. The van der Waals surface area contributed by atoms with Crippen LogP contribution in [0.1, 0.15) is 101 Å². The molecule has 6 rings (SSSR count). The minimum Gasteiger partial charge on any atom is -0.506 e. The number of aliphatic hydroxyl groups is 2. The quantitative estimate of drug-likeness (QED) is 0.0341. The maximum absolute atomic E-state index is 12.4. The van der Waals surface area contributed by atoms with Gasteiger partial charge in [-0.1, -0.05) is 62.7 Å². The molecule has 3 aromatic carbocycles. The number of nitrogen functional groups attached to an aromatic ring is 4. The molecule has 0 aliphatic heterocycles. The van der Waals surface area contributed by atoms with Crippen LogP contribution in [-0.2, 0) is 15.1 Å². The molecule has 2 amide bonds. The van der Waals surface area contributed by atoms with Crippen LogP contribution in [0.25, 0.3) is 24.0 Å². The highest BCUT2D eigenvalue weighted by Crippen LogP contribution is 2.33. The highest BCUT2D eigenvalue weighted by atomic mass is 16.5. The molecule has 0 unspecified atom stereocenters. The van der Waals surface area contributed by atoms with Crippen LogP contribution in [0, 0.1) is 20.8 Å². The summed E-state index contributed by atoms with van der Waals surface area (Å²) in [6.45, 7) is 23.0. The summed E-state index contributed by atoms with van der Waals surface area (Å²) < 4.78 is 9.27. The van der Waals surface area contributed by atoms with E-state index in [1.54, 1.807) is 93.6 Å². The third-order valence-electron chi connectivity index (χ3n) is 9.75. The number of anilines is 6. The number of aromatic nitrogens is 3. The van der Waals surface area contributed by atoms with Gasteiger partial charge in [0, 0.05) is 51.1 Å². The van der Waals surface area contributed by atoms with Crippen LogP contribution in [-0.4, -0.2) is 63.1 Å². The van der Waals surface area contributed by atoms with Crippen LogP contribution in [0.2, 0.25) is 0 Å². The second-order valence-electron chi connectivity index (χ2n) is 15.6. The molecular weight excluding hydrogens is 891 g/mol. The van der Waals surface area contributed by atoms with E-state index in [0.29, 0.717) is 62.1 Å². The highest BCUT2D eigenvalue weighted by Gasteiger charge is 2.23. The van der Waals surface area contributed by atoms with Gasteiger partial charge in [-0.05, 0) is 124 Å². The number of carbonyl (C=O) groups is 4. The molecule has 0 saturated heterocycles. The number of nitrogens with one attached hydrogen (secondary N) is 2. The lowest BCUT2D eigenvalue weighted by atomic mass is 9.93. The molecule has 17 heteroatoms. The molecule has 0 aliphatic carbocycles. The number of hydrogen-bond acceptors (Lipinski definition) is 15. The van der Waals surface area contributed by atoms with Gasteiger partial charge in [-0.2, -0.15) is 0 Å². The average molecular weight is 950 g/mol. The first-order valence-electron chi connectivity index (χ1n) is 21.1. The number of carbonyl (C=O) groups excluding carboxylic acids is 4. The Morgan fingerprint density at radius 2 is 0.943 bits per heavy atom. The number of methoxy groups -OCH3 is 2. The average Bonchev–Trinajstić information content (AvgIpc) is 3.32. The minimum absolute atomic E-state index is 0.0173. The Morgan fingerprint density at radius 3 is 1.34 bits per heavy atom. The molecular formula is C53H59N9O8. The largest absolute Gasteiger partial charge is 0.506 e. The van der Waals surface area contributed by atoms with Crippen molar-refractivity contribution >= 4 is 81.9 Å². The van der Waals surface area contributed by atoms with Gasteiger partial charge in [-0.25, -0.2) is 24.5 Å². The van der Waals surface area contributed by atoms with E-state index in [4.69, 9.17) is 32.8 Å². The molecule has 0 radical (unpaired) electrons. The molecule has 0 aliphatic rings. The number of benzene rings is 3. The Bertz CT molecular complexity index is 2940. The summed E-state index contributed by atoms with van der Waals surface area (Å²) in [6, 6.07) is 25.2. The van der Waals surface area contributed by atoms with E-state index in [-0.39, 0.29) is 34.2 Å². The number of aryl methyl sites for hydroxylation is 3. The highest BCUT2D eigenvalue weighted by molar-refractivity contribution is 6.08. The Hall–Kier alpha value is -9.09. The van der Waals surface area contributed by atoms with Crippen LogP contribution in [0.4, 0.5) is 34.1 Å². The molecule has 70 heavy (non-hydrogen) atoms. The third kappa shape index (κ3) is 15.5. The van der Waals surface area contributed by atoms with Crippen molar-refractivity contribution in [1.29, 1.82) is 0 Å². The van der Waals surface area contributed by atoms with Crippen LogP contribution < -0.4 is 33.6 Å². The fourth-order valence-electron chi connectivity index (χ4n) is 6.14. The number of ether oxygens (including phenoxy) is 2. The SMILES string of the molecule is C=C(O)c1cccc(C)n1.C=Cc1cc(N)c(C(=O)OC)cc1N.C=Cc1cc(NC(=O)c2cccc(C)n2)c(C(=O)OC)cc1N.C=Cc1cc(NC(=O)c2cccc(C)n2)c(C(C)(C)O)cc1N. The van der Waals surface area contributed by atoms with Gasteiger partial charge >= 0.3 is 11.9 Å². The maximum Gasteiger partial charge on any atom is 0.340 e. The fraction of sp³-hybridized carbons (Fsp3) is 0.151. The number of pyridine rings is 3. The smallest absolute Gasteiger partial charge is 0.340 e. The first kappa shape index (κ1) is 55.2. The van der Waals surface area contributed by atoms with Gasteiger partial charge < -0.3 is 53.3 Å². The van der Waals surface area contributed by atoms with Crippen molar-refractivity contribution in [2.75, 3.05) is 47.8 Å². The number of amides is 2. The fourth-order valence-corrected chi connectivity index (χ4v) is 6.14. The molecule has 3 heterocycles. The second-order valence-corrected chi connectivity index (χ2v) is 15.6. The van der Waals surface area contributed by atoms with Gasteiger partial charge in [-0.15, -0.1) is 0 Å². The van der Waals surface area contributed by atoms with Crippen LogP contribution >= 0.6 is 0 Å². The lowest BCUT2D eigenvalue weighted by Gasteiger charge is -2.23. The Labute approximate surface area is 407 Å². The summed E-state index contributed by atoms with van der Waals surface area (Å²) in [7, 11) is 2.55. The zero-order valence-electron chi connectivity index (χ0n) is 40.2. The molecule has 0 saturated carbocycles. The van der Waals surface area contributed by atoms with Gasteiger partial charge in [0.05, 0.1) is 36.6 Å². The Morgan fingerprint density at radius 1 is 0.571 bits per heavy atom. The molecule has 17 nitrogen and oxygen atoms in total. The molecule has 0 bridgehead atoms. The summed E-state index contributed by atoms with van der Waals surface area (Å²) in [5, 5.41) is 24.7. The van der Waals surface area contributed by atoms with Crippen molar-refractivity contribution in [3.63, 3.8) is 0 Å². The number of nitrogens with two attached hydrogens (primary N) is 4. The lowest BCUT2D eigenvalue weighted by Crippen LogP contribution is -2.22. The van der Waals surface area contributed by atoms with Gasteiger partial charge in [0.1, 0.15) is 22.8 Å². The van der Waals surface area contributed by atoms with Gasteiger partial charge in [0.2, 0.25) is 0 Å². The molecule has 364 valence electrons. The Kier molecular flexibility index (Phi) is 19.9. The standard InChI is InChI=1S/C18H21N3O2.C17H17N3O3.C10H12N2O2.C8H9NO/c1-5-12-9-16(13(10-14(12)19)18(3,4)23)21-17(22)15-8-6-7-11(2)20-15;1-4-11-8-15(12(9-13(11)18)17(22)23-3)20-16(21)14-7-5-6-10(2)19-14;1-3-6-4-9(12)7(5-8(6)11)10(13)14-2;1-6-4-3-5-8(9-6)7(2)10/h5-10,23H,1,19H2,2-4H3,(H,21,22);4-9H,1,18H2,2-3H3,(H,20,21);3-5H,1,11-12H2,2H3;3-5,10H,2H2,1H3. The molecule has 0 atom stereocenters. The van der Waals surface area contributed by atoms with Crippen molar-refractivity contribution in [3.05, 3.63) is 185 Å². The summed E-state index contributed by atoms with van der Waals surface area (Å²) in [5.41, 5.74) is 30.8. The Balaban J connectivity index is 0.000000259. The van der Waals surface area contributed by atoms with Gasteiger partial charge in [0.25, 0.3) is 11.8 Å². The van der Waals surface area contributed by atoms with Crippen molar-refractivity contribution in [2.24, 2.45) is 0 Å².